The van der Waals surface area contributed by atoms with Crippen molar-refractivity contribution in [2.45, 2.75) is 27.3 Å². The summed E-state index contributed by atoms with van der Waals surface area (Å²) in [5.74, 6) is 0.435. The minimum atomic E-state index is -0.611. The number of hydrogen-bond acceptors (Lipinski definition) is 4. The van der Waals surface area contributed by atoms with E-state index in [4.69, 9.17) is 34.8 Å². The smallest absolute Gasteiger partial charge is 0.297 e. The Morgan fingerprint density at radius 1 is 1.07 bits per heavy atom. The van der Waals surface area contributed by atoms with Gasteiger partial charge < -0.3 is 0 Å². The second kappa shape index (κ2) is 7.70. The van der Waals surface area contributed by atoms with Crippen LogP contribution in [0, 0.1) is 5.41 Å². The average Bonchev–Trinajstić information content (AvgIpc) is 2.91. The van der Waals surface area contributed by atoms with Crippen molar-refractivity contribution in [1.82, 2.24) is 19.3 Å². The van der Waals surface area contributed by atoms with Gasteiger partial charge in [-0.25, -0.2) is 19.0 Å². The molecule has 3 rings (SSSR count). The van der Waals surface area contributed by atoms with E-state index in [-0.39, 0.29) is 18.2 Å². The fourth-order valence-electron chi connectivity index (χ4n) is 2.44. The third kappa shape index (κ3) is 4.14. The van der Waals surface area contributed by atoms with Crippen LogP contribution in [0.5, 0.6) is 0 Å². The number of aromatic nitrogens is 4. The van der Waals surface area contributed by atoms with Crippen molar-refractivity contribution in [3.05, 3.63) is 62.1 Å². The Balaban J connectivity index is 2.22. The molecule has 0 amide bonds. The van der Waals surface area contributed by atoms with Crippen molar-refractivity contribution in [3.8, 4) is 17.2 Å². The summed E-state index contributed by atoms with van der Waals surface area (Å²) in [6, 6.07) is 8.07. The highest BCUT2D eigenvalue weighted by Gasteiger charge is 2.25. The van der Waals surface area contributed by atoms with Gasteiger partial charge in [-0.1, -0.05) is 55.6 Å². The van der Waals surface area contributed by atoms with Gasteiger partial charge in [-0.2, -0.15) is 0 Å². The fourth-order valence-corrected chi connectivity index (χ4v) is 3.04. The third-order valence-electron chi connectivity index (χ3n) is 4.08. The van der Waals surface area contributed by atoms with E-state index in [1.54, 1.807) is 51.1 Å². The van der Waals surface area contributed by atoms with Crippen molar-refractivity contribution in [2.24, 2.45) is 5.41 Å². The zero-order valence-corrected chi connectivity index (χ0v) is 17.7. The molecule has 0 radical (unpaired) electrons. The molecule has 0 aliphatic carbocycles. The molecule has 0 bridgehead atoms. The number of hydrogen-bond donors (Lipinski definition) is 0. The van der Waals surface area contributed by atoms with E-state index < -0.39 is 11.1 Å². The summed E-state index contributed by atoms with van der Waals surface area (Å²) in [4.78, 5) is 29.7. The van der Waals surface area contributed by atoms with Gasteiger partial charge in [0.1, 0.15) is 12.4 Å². The molecule has 0 fully saturated rings. The average molecular weight is 440 g/mol. The van der Waals surface area contributed by atoms with Crippen LogP contribution in [0.2, 0.25) is 15.1 Å². The maximum atomic E-state index is 13.1. The lowest BCUT2D eigenvalue weighted by atomic mass is 9.91. The van der Waals surface area contributed by atoms with E-state index >= 15 is 0 Å². The van der Waals surface area contributed by atoms with Gasteiger partial charge in [0.15, 0.2) is 11.6 Å². The summed E-state index contributed by atoms with van der Waals surface area (Å²) in [6.45, 7) is 5.19. The van der Waals surface area contributed by atoms with Crippen molar-refractivity contribution in [3.63, 3.8) is 0 Å². The van der Waals surface area contributed by atoms with Gasteiger partial charge >= 0.3 is 5.69 Å². The molecule has 1 aromatic carbocycles. The first kappa shape index (κ1) is 20.6. The second-order valence-corrected chi connectivity index (χ2v) is 8.51. The lowest BCUT2D eigenvalue weighted by Gasteiger charge is -2.15. The predicted molar refractivity (Wildman–Crippen MR) is 111 cm³/mol. The summed E-state index contributed by atoms with van der Waals surface area (Å²) >= 11 is 18.2. The Morgan fingerprint density at radius 2 is 1.75 bits per heavy atom. The third-order valence-corrected chi connectivity index (χ3v) is 4.85. The molecule has 28 heavy (non-hydrogen) atoms. The normalized spacial score (nSPS) is 11.6. The van der Waals surface area contributed by atoms with E-state index in [1.807, 2.05) is 0 Å². The van der Waals surface area contributed by atoms with E-state index in [0.29, 0.717) is 26.4 Å². The Hall–Kier alpha value is -2.15. The molecule has 2 aromatic heterocycles. The summed E-state index contributed by atoms with van der Waals surface area (Å²) in [6.07, 6.45) is 1.42. The van der Waals surface area contributed by atoms with Gasteiger partial charge in [0.2, 0.25) is 0 Å². The topological polar surface area (TPSA) is 69.8 Å². The number of nitrogens with zero attached hydrogens (tertiary/aromatic N) is 4. The first-order chi connectivity index (χ1) is 13.1. The van der Waals surface area contributed by atoms with Crippen molar-refractivity contribution in [1.29, 1.82) is 0 Å². The van der Waals surface area contributed by atoms with Crippen LogP contribution < -0.4 is 5.69 Å². The van der Waals surface area contributed by atoms with E-state index in [1.165, 1.54) is 10.8 Å². The number of benzene rings is 1. The number of Topliss-reactive ketones (excluding diaryl/α,β-unsaturated/α-hetero) is 1. The summed E-state index contributed by atoms with van der Waals surface area (Å²) < 4.78 is 2.41. The van der Waals surface area contributed by atoms with Crippen molar-refractivity contribution in [2.75, 3.05) is 0 Å². The minimum Gasteiger partial charge on any atom is -0.297 e. The summed E-state index contributed by atoms with van der Waals surface area (Å²) in [5.41, 5.74) is -0.630. The maximum Gasteiger partial charge on any atom is 0.352 e. The molecule has 0 atom stereocenters. The Labute approximate surface area is 176 Å². The molecule has 0 N–H and O–H groups in total. The maximum absolute atomic E-state index is 13.1. The molecule has 3 aromatic rings. The number of rotatable bonds is 4. The molecular weight excluding hydrogens is 423 g/mol. The van der Waals surface area contributed by atoms with Gasteiger partial charge in [0.05, 0.1) is 10.0 Å². The van der Waals surface area contributed by atoms with Crippen LogP contribution in [0.25, 0.3) is 17.2 Å². The van der Waals surface area contributed by atoms with Gasteiger partial charge in [0.25, 0.3) is 0 Å². The van der Waals surface area contributed by atoms with Gasteiger partial charge in [-0.05, 0) is 30.3 Å². The molecular formula is C19H17Cl3N4O2. The van der Waals surface area contributed by atoms with Crippen molar-refractivity contribution < 1.29 is 4.79 Å². The van der Waals surface area contributed by atoms with Crippen LogP contribution in [0.3, 0.4) is 0 Å². The first-order valence-corrected chi connectivity index (χ1v) is 9.52. The van der Waals surface area contributed by atoms with Crippen molar-refractivity contribution >= 4 is 40.6 Å². The quantitative estimate of drug-likeness (QED) is 0.592. The van der Waals surface area contributed by atoms with Crippen LogP contribution in [0.1, 0.15) is 20.8 Å². The molecule has 0 unspecified atom stereocenters. The number of ketones is 1. The van der Waals surface area contributed by atoms with Crippen LogP contribution in [0.15, 0.2) is 41.3 Å². The molecule has 0 saturated heterocycles. The number of carbonyl (C=O) groups is 1. The van der Waals surface area contributed by atoms with Crippen LogP contribution in [-0.4, -0.2) is 25.1 Å². The molecule has 9 heteroatoms. The molecule has 0 spiro atoms. The van der Waals surface area contributed by atoms with Crippen LogP contribution >= 0.6 is 34.8 Å². The molecule has 0 aliphatic rings. The number of carbonyl (C=O) groups excluding carboxylic acids is 1. The van der Waals surface area contributed by atoms with E-state index in [0.717, 1.165) is 4.68 Å². The molecule has 0 saturated carbocycles. The number of halogens is 3. The van der Waals surface area contributed by atoms with Crippen LogP contribution in [-0.2, 0) is 11.3 Å². The lowest BCUT2D eigenvalue weighted by molar-refractivity contribution is -0.127. The Bertz CT molecular complexity index is 1100. The monoisotopic (exact) mass is 438 g/mol. The number of pyridine rings is 1. The summed E-state index contributed by atoms with van der Waals surface area (Å²) in [7, 11) is 0. The standard InChI is InChI=1S/C19H17Cl3N4O2/c1-19(2,3)15(27)10-25-18(28)26(16-7-5-12(21)9-23-16)17(24-25)13-6-4-11(20)8-14(13)22/h4-9H,10H2,1-3H3. The lowest BCUT2D eigenvalue weighted by Crippen LogP contribution is -2.32. The van der Waals surface area contributed by atoms with E-state index in [2.05, 4.69) is 10.1 Å². The largest absolute Gasteiger partial charge is 0.352 e. The summed E-state index contributed by atoms with van der Waals surface area (Å²) in [5, 5.41) is 5.57. The molecule has 6 nitrogen and oxygen atoms in total. The highest BCUT2D eigenvalue weighted by molar-refractivity contribution is 6.36. The van der Waals surface area contributed by atoms with E-state index in [9.17, 15) is 9.59 Å². The minimum absolute atomic E-state index is 0.128. The van der Waals surface area contributed by atoms with Crippen LogP contribution in [0.4, 0.5) is 0 Å². The highest BCUT2D eigenvalue weighted by atomic mass is 35.5. The zero-order valence-electron chi connectivity index (χ0n) is 15.4. The Morgan fingerprint density at radius 3 is 2.32 bits per heavy atom. The molecule has 0 aliphatic heterocycles. The molecule has 2 heterocycles. The molecule has 146 valence electrons. The van der Waals surface area contributed by atoms with Gasteiger partial charge in [0, 0.05) is 22.2 Å². The highest BCUT2D eigenvalue weighted by Crippen LogP contribution is 2.30. The zero-order chi connectivity index (χ0) is 20.6. The van der Waals surface area contributed by atoms with Gasteiger partial charge in [-0.3, -0.25) is 4.79 Å². The first-order valence-electron chi connectivity index (χ1n) is 8.38. The Kier molecular flexibility index (Phi) is 5.66. The predicted octanol–water partition coefficient (Wildman–Crippen LogP) is 4.67. The van der Waals surface area contributed by atoms with Gasteiger partial charge in [-0.15, -0.1) is 5.10 Å². The fraction of sp³-hybridized carbons (Fsp3) is 0.263. The second-order valence-electron chi connectivity index (χ2n) is 7.23. The SMILES string of the molecule is CC(C)(C)C(=O)Cn1nc(-c2ccc(Cl)cc2Cl)n(-c2ccc(Cl)cn2)c1=O.